The Labute approximate surface area is 149 Å². The van der Waals surface area contributed by atoms with Crippen molar-refractivity contribution in [3.63, 3.8) is 0 Å². The van der Waals surface area contributed by atoms with Gasteiger partial charge in [-0.2, -0.15) is 0 Å². The molecule has 2 aliphatic rings. The first-order valence-corrected chi connectivity index (χ1v) is 9.27. The number of benzene rings is 1. The molecule has 1 aromatic rings. The lowest BCUT2D eigenvalue weighted by Crippen LogP contribution is -2.42. The van der Waals surface area contributed by atoms with Gasteiger partial charge in [0.05, 0.1) is 0 Å². The first-order chi connectivity index (χ1) is 11.8. The summed E-state index contributed by atoms with van der Waals surface area (Å²) in [7, 11) is 1.81. The summed E-state index contributed by atoms with van der Waals surface area (Å²) in [5.74, 6) is 0.171. The van der Waals surface area contributed by atoms with Crippen LogP contribution in [0, 0.1) is 5.82 Å². The quantitative estimate of drug-likeness (QED) is 0.843. The Morgan fingerprint density at radius 1 is 1.24 bits per heavy atom. The third kappa shape index (κ3) is 3.91. The van der Waals surface area contributed by atoms with E-state index in [2.05, 4.69) is 5.32 Å². The molecule has 25 heavy (non-hydrogen) atoms. The van der Waals surface area contributed by atoms with Gasteiger partial charge in [0.15, 0.2) is 0 Å². The summed E-state index contributed by atoms with van der Waals surface area (Å²) in [4.78, 5) is 14.0. The molecule has 0 unspecified atom stereocenters. The number of halogens is 1. The predicted molar refractivity (Wildman–Crippen MR) is 97.6 cm³/mol. The predicted octanol–water partition coefficient (Wildman–Crippen LogP) is 4.69. The first-order valence-electron chi connectivity index (χ1n) is 9.27. The second-order valence-electron chi connectivity index (χ2n) is 8.26. The molecule has 1 saturated carbocycles. The van der Waals surface area contributed by atoms with Crippen molar-refractivity contribution in [1.82, 2.24) is 4.90 Å². The average Bonchev–Trinajstić information content (AvgIpc) is 3.01. The molecule has 4 nitrogen and oxygen atoms in total. The molecule has 0 saturated heterocycles. The van der Waals surface area contributed by atoms with E-state index in [1.54, 1.807) is 11.0 Å². The second kappa shape index (κ2) is 6.85. The summed E-state index contributed by atoms with van der Waals surface area (Å²) < 4.78 is 19.9. The van der Waals surface area contributed by atoms with E-state index in [4.69, 9.17) is 4.74 Å². The van der Waals surface area contributed by atoms with Crippen molar-refractivity contribution >= 4 is 11.8 Å². The standard InChI is InChI=1S/C20H29FN2O2/c1-20(2,3)25-19(24)23(4)14-7-5-13(6-8-14)18-15-11-12-22-17(15)10-9-16(18)21/h9-10,13-14,22H,5-8,11-12H2,1-4H3. The molecule has 0 bridgehead atoms. The van der Waals surface area contributed by atoms with Crippen LogP contribution in [0.5, 0.6) is 0 Å². The Bertz CT molecular complexity index is 646. The van der Waals surface area contributed by atoms with Crippen molar-refractivity contribution in [1.29, 1.82) is 0 Å². The van der Waals surface area contributed by atoms with Crippen LogP contribution in [0.4, 0.5) is 14.9 Å². The molecule has 0 atom stereocenters. The second-order valence-corrected chi connectivity index (χ2v) is 8.26. The Balaban J connectivity index is 1.65. The van der Waals surface area contributed by atoms with Crippen molar-refractivity contribution in [3.05, 3.63) is 29.1 Å². The van der Waals surface area contributed by atoms with Gasteiger partial charge in [-0.05, 0) is 82.1 Å². The fourth-order valence-electron chi connectivity index (χ4n) is 4.07. The SMILES string of the molecule is CN(C(=O)OC(C)(C)C)C1CCC(c2c(F)ccc3c2CCN3)CC1. The average molecular weight is 348 g/mol. The maximum Gasteiger partial charge on any atom is 0.410 e. The summed E-state index contributed by atoms with van der Waals surface area (Å²) in [6.45, 7) is 6.52. The Kier molecular flexibility index (Phi) is 4.94. The molecule has 1 heterocycles. The maximum absolute atomic E-state index is 14.5. The van der Waals surface area contributed by atoms with Gasteiger partial charge in [-0.25, -0.2) is 9.18 Å². The zero-order valence-electron chi connectivity index (χ0n) is 15.7. The van der Waals surface area contributed by atoms with Crippen LogP contribution in [0.15, 0.2) is 12.1 Å². The van der Waals surface area contributed by atoms with Gasteiger partial charge >= 0.3 is 6.09 Å². The number of carbonyl (C=O) groups is 1. The maximum atomic E-state index is 14.5. The molecule has 0 spiro atoms. The van der Waals surface area contributed by atoms with Crippen LogP contribution in [-0.4, -0.2) is 36.2 Å². The van der Waals surface area contributed by atoms with Gasteiger partial charge in [0, 0.05) is 25.3 Å². The molecule has 3 rings (SSSR count). The number of hydrogen-bond donors (Lipinski definition) is 1. The number of nitrogens with one attached hydrogen (secondary N) is 1. The fraction of sp³-hybridized carbons (Fsp3) is 0.650. The van der Waals surface area contributed by atoms with Crippen molar-refractivity contribution < 1.29 is 13.9 Å². The minimum absolute atomic E-state index is 0.0774. The van der Waals surface area contributed by atoms with E-state index in [0.29, 0.717) is 0 Å². The molecule has 5 heteroatoms. The minimum Gasteiger partial charge on any atom is -0.444 e. The van der Waals surface area contributed by atoms with E-state index in [-0.39, 0.29) is 23.9 Å². The number of anilines is 1. The number of ether oxygens (including phenoxy) is 1. The third-order valence-corrected chi connectivity index (χ3v) is 5.33. The van der Waals surface area contributed by atoms with Crippen molar-refractivity contribution in [3.8, 4) is 0 Å². The van der Waals surface area contributed by atoms with Gasteiger partial charge in [-0.15, -0.1) is 0 Å². The van der Waals surface area contributed by atoms with Crippen LogP contribution in [0.1, 0.15) is 63.5 Å². The van der Waals surface area contributed by atoms with Crippen molar-refractivity contribution in [2.45, 2.75) is 70.4 Å². The topological polar surface area (TPSA) is 41.6 Å². The molecule has 1 amide bonds. The van der Waals surface area contributed by atoms with E-state index < -0.39 is 5.60 Å². The Morgan fingerprint density at radius 3 is 2.56 bits per heavy atom. The minimum atomic E-state index is -0.483. The molecular weight excluding hydrogens is 319 g/mol. The number of rotatable bonds is 2. The molecule has 1 aliphatic carbocycles. The van der Waals surface area contributed by atoms with Crippen LogP contribution in [-0.2, 0) is 11.2 Å². The van der Waals surface area contributed by atoms with E-state index >= 15 is 0 Å². The lowest BCUT2D eigenvalue weighted by molar-refractivity contribution is 0.0182. The molecule has 1 fully saturated rings. The van der Waals surface area contributed by atoms with E-state index in [9.17, 15) is 9.18 Å². The highest BCUT2D eigenvalue weighted by Crippen LogP contribution is 2.40. The van der Waals surface area contributed by atoms with Gasteiger partial charge in [0.1, 0.15) is 11.4 Å². The number of fused-ring (bicyclic) bond motifs is 1. The number of amides is 1. The van der Waals surface area contributed by atoms with Crippen LogP contribution < -0.4 is 5.32 Å². The Hall–Kier alpha value is -1.78. The molecule has 1 N–H and O–H groups in total. The summed E-state index contributed by atoms with van der Waals surface area (Å²) in [6, 6.07) is 3.61. The Morgan fingerprint density at radius 2 is 1.92 bits per heavy atom. The van der Waals surface area contributed by atoms with Crippen molar-refractivity contribution in [2.75, 3.05) is 18.9 Å². The molecule has 1 aromatic carbocycles. The van der Waals surface area contributed by atoms with Crippen molar-refractivity contribution in [2.24, 2.45) is 0 Å². The number of hydrogen-bond acceptors (Lipinski definition) is 3. The summed E-state index contributed by atoms with van der Waals surface area (Å²) in [5, 5.41) is 3.33. The van der Waals surface area contributed by atoms with Crippen LogP contribution in [0.2, 0.25) is 0 Å². The number of carbonyl (C=O) groups excluding carboxylic acids is 1. The van der Waals surface area contributed by atoms with E-state index in [0.717, 1.165) is 55.5 Å². The normalized spacial score (nSPS) is 22.9. The molecule has 0 radical (unpaired) electrons. The lowest BCUT2D eigenvalue weighted by Gasteiger charge is -2.36. The summed E-state index contributed by atoms with van der Waals surface area (Å²) >= 11 is 0. The van der Waals surface area contributed by atoms with Gasteiger partial charge in [0.2, 0.25) is 0 Å². The van der Waals surface area contributed by atoms with Gasteiger partial charge in [-0.1, -0.05) is 0 Å². The van der Waals surface area contributed by atoms with E-state index in [1.807, 2.05) is 33.9 Å². The smallest absolute Gasteiger partial charge is 0.410 e. The van der Waals surface area contributed by atoms with Gasteiger partial charge < -0.3 is 15.0 Å². The fourth-order valence-corrected chi connectivity index (χ4v) is 4.07. The van der Waals surface area contributed by atoms with Gasteiger partial charge in [0.25, 0.3) is 0 Å². The monoisotopic (exact) mass is 348 g/mol. The molecule has 1 aliphatic heterocycles. The first kappa shape index (κ1) is 18.0. The number of nitrogens with zero attached hydrogens (tertiary/aromatic N) is 1. The highest BCUT2D eigenvalue weighted by molar-refractivity contribution is 5.68. The van der Waals surface area contributed by atoms with Crippen LogP contribution >= 0.6 is 0 Å². The largest absolute Gasteiger partial charge is 0.444 e. The van der Waals surface area contributed by atoms with Crippen LogP contribution in [0.25, 0.3) is 0 Å². The lowest BCUT2D eigenvalue weighted by atomic mass is 9.79. The zero-order valence-corrected chi connectivity index (χ0v) is 15.7. The zero-order chi connectivity index (χ0) is 18.2. The molecular formula is C20H29FN2O2. The van der Waals surface area contributed by atoms with Crippen LogP contribution in [0.3, 0.4) is 0 Å². The van der Waals surface area contributed by atoms with E-state index in [1.165, 1.54) is 0 Å². The highest BCUT2D eigenvalue weighted by Gasteiger charge is 2.32. The molecule has 0 aromatic heterocycles. The third-order valence-electron chi connectivity index (χ3n) is 5.33. The summed E-state index contributed by atoms with van der Waals surface area (Å²) in [6.07, 6.45) is 4.22. The summed E-state index contributed by atoms with van der Waals surface area (Å²) in [5.41, 5.74) is 2.66. The highest BCUT2D eigenvalue weighted by atomic mass is 19.1. The molecule has 138 valence electrons. The van der Waals surface area contributed by atoms with Gasteiger partial charge in [-0.3, -0.25) is 0 Å².